The van der Waals surface area contributed by atoms with Gasteiger partial charge in [0.05, 0.1) is 0 Å². The standard InChI is InChI=1S/C22H23ClN2O2/c1-2-13-11-15(5-8-19(13)23)18(12-16-6-10-21(26)24-16)20-9-7-17(14-3-4-14)22(27)25-20/h5,7-9,11-12,14,16H,2-4,6,10H2,1H3,(H,24,26)(H,25,27)/b18-12+/t16-/m1/s1. The largest absolute Gasteiger partial charge is 0.350 e. The molecule has 1 aromatic heterocycles. The van der Waals surface area contributed by atoms with Crippen molar-refractivity contribution in [2.75, 3.05) is 0 Å². The fourth-order valence-electron chi connectivity index (χ4n) is 3.68. The van der Waals surface area contributed by atoms with Gasteiger partial charge in [-0.15, -0.1) is 0 Å². The van der Waals surface area contributed by atoms with Gasteiger partial charge in [-0.05, 0) is 60.9 Å². The SMILES string of the molecule is CCc1cc(/C(=C\[C@H]2CCC(=O)N2)c2ccc(C3CC3)c(=O)[nH]2)ccc1Cl. The lowest BCUT2D eigenvalue weighted by Gasteiger charge is -2.14. The maximum Gasteiger partial charge on any atom is 0.251 e. The van der Waals surface area contributed by atoms with E-state index in [1.54, 1.807) is 0 Å². The van der Waals surface area contributed by atoms with E-state index in [0.29, 0.717) is 12.3 Å². The average molecular weight is 383 g/mol. The van der Waals surface area contributed by atoms with Gasteiger partial charge in [0, 0.05) is 34.3 Å². The van der Waals surface area contributed by atoms with Crippen molar-refractivity contribution < 1.29 is 4.79 Å². The molecular formula is C22H23ClN2O2. The molecule has 1 aliphatic heterocycles. The summed E-state index contributed by atoms with van der Waals surface area (Å²) in [5.41, 5.74) is 4.61. The minimum absolute atomic E-state index is 0.0129. The van der Waals surface area contributed by atoms with Crippen LogP contribution in [-0.2, 0) is 11.2 Å². The van der Waals surface area contributed by atoms with Crippen LogP contribution in [0.25, 0.3) is 5.57 Å². The summed E-state index contributed by atoms with van der Waals surface area (Å²) < 4.78 is 0. The molecule has 0 radical (unpaired) electrons. The zero-order valence-corrected chi connectivity index (χ0v) is 16.1. The summed E-state index contributed by atoms with van der Waals surface area (Å²) in [5.74, 6) is 0.477. The van der Waals surface area contributed by atoms with Crippen molar-refractivity contribution in [3.63, 3.8) is 0 Å². The van der Waals surface area contributed by atoms with Crippen LogP contribution in [0, 0.1) is 0 Å². The Balaban J connectivity index is 1.78. The Morgan fingerprint density at radius 1 is 1.19 bits per heavy atom. The highest BCUT2D eigenvalue weighted by atomic mass is 35.5. The lowest BCUT2D eigenvalue weighted by molar-refractivity contribution is -0.119. The van der Waals surface area contributed by atoms with Crippen LogP contribution in [0.4, 0.5) is 0 Å². The van der Waals surface area contributed by atoms with Crippen molar-refractivity contribution in [2.24, 2.45) is 0 Å². The molecular weight excluding hydrogens is 360 g/mol. The van der Waals surface area contributed by atoms with Gasteiger partial charge in [-0.25, -0.2) is 0 Å². The zero-order valence-electron chi connectivity index (χ0n) is 15.3. The molecule has 5 heteroatoms. The summed E-state index contributed by atoms with van der Waals surface area (Å²) >= 11 is 6.29. The molecule has 0 unspecified atom stereocenters. The van der Waals surface area contributed by atoms with Crippen LogP contribution in [0.15, 0.2) is 41.2 Å². The lowest BCUT2D eigenvalue weighted by atomic mass is 9.96. The summed E-state index contributed by atoms with van der Waals surface area (Å²) in [4.78, 5) is 27.2. The number of aromatic nitrogens is 1. The minimum Gasteiger partial charge on any atom is -0.350 e. The highest BCUT2D eigenvalue weighted by Crippen LogP contribution is 2.38. The van der Waals surface area contributed by atoms with E-state index < -0.39 is 0 Å². The number of hydrogen-bond donors (Lipinski definition) is 2. The van der Waals surface area contributed by atoms with Gasteiger partial charge in [-0.3, -0.25) is 9.59 Å². The Morgan fingerprint density at radius 2 is 2.00 bits per heavy atom. The number of carbonyl (C=O) groups is 1. The number of amides is 1. The molecule has 140 valence electrons. The topological polar surface area (TPSA) is 62.0 Å². The second kappa shape index (κ2) is 7.35. The number of pyridine rings is 1. The van der Waals surface area contributed by atoms with Crippen molar-refractivity contribution in [2.45, 2.75) is 51.0 Å². The fourth-order valence-corrected chi connectivity index (χ4v) is 3.93. The first-order chi connectivity index (χ1) is 13.0. The third-order valence-electron chi connectivity index (χ3n) is 5.38. The Morgan fingerprint density at radius 3 is 2.63 bits per heavy atom. The number of nitrogens with one attached hydrogen (secondary N) is 2. The fraction of sp³-hybridized carbons (Fsp3) is 0.364. The van der Waals surface area contributed by atoms with Crippen molar-refractivity contribution >= 4 is 23.1 Å². The number of aromatic amines is 1. The maximum absolute atomic E-state index is 12.6. The van der Waals surface area contributed by atoms with Crippen molar-refractivity contribution in [1.29, 1.82) is 0 Å². The van der Waals surface area contributed by atoms with Crippen molar-refractivity contribution in [3.05, 3.63) is 74.2 Å². The Kier molecular flexibility index (Phi) is 4.92. The van der Waals surface area contributed by atoms with Gasteiger partial charge in [-0.2, -0.15) is 0 Å². The first-order valence-electron chi connectivity index (χ1n) is 9.58. The summed E-state index contributed by atoms with van der Waals surface area (Å²) in [6.07, 6.45) is 6.37. The Hall–Kier alpha value is -2.33. The number of H-pyrrole nitrogens is 1. The number of benzene rings is 1. The molecule has 0 spiro atoms. The summed E-state index contributed by atoms with van der Waals surface area (Å²) in [7, 11) is 0. The molecule has 4 rings (SSSR count). The minimum atomic E-state index is -0.0279. The van der Waals surface area contributed by atoms with E-state index in [1.165, 1.54) is 0 Å². The van der Waals surface area contributed by atoms with Crippen LogP contribution in [0.2, 0.25) is 5.02 Å². The summed E-state index contributed by atoms with van der Waals surface area (Å²) in [5, 5.41) is 3.73. The van der Waals surface area contributed by atoms with Gasteiger partial charge in [0.15, 0.2) is 0 Å². The Bertz CT molecular complexity index is 973. The normalized spacial score (nSPS) is 20.0. The van der Waals surface area contributed by atoms with Gasteiger partial charge >= 0.3 is 0 Å². The van der Waals surface area contributed by atoms with Crippen molar-refractivity contribution in [1.82, 2.24) is 10.3 Å². The number of carbonyl (C=O) groups excluding carboxylic acids is 1. The van der Waals surface area contributed by atoms with E-state index >= 15 is 0 Å². The molecule has 1 saturated heterocycles. The number of halogens is 1. The van der Waals surface area contributed by atoms with Crippen LogP contribution >= 0.6 is 11.6 Å². The average Bonchev–Trinajstić information content (AvgIpc) is 3.42. The van der Waals surface area contributed by atoms with E-state index in [2.05, 4.69) is 29.4 Å². The number of rotatable bonds is 5. The molecule has 2 fully saturated rings. The van der Waals surface area contributed by atoms with Gasteiger partial charge in [-0.1, -0.05) is 36.7 Å². The van der Waals surface area contributed by atoms with Gasteiger partial charge in [0.2, 0.25) is 5.91 Å². The quantitative estimate of drug-likeness (QED) is 0.814. The zero-order chi connectivity index (χ0) is 19.0. The first kappa shape index (κ1) is 18.1. The third-order valence-corrected chi connectivity index (χ3v) is 5.75. The molecule has 1 aliphatic carbocycles. The molecule has 27 heavy (non-hydrogen) atoms. The molecule has 1 saturated carbocycles. The first-order valence-corrected chi connectivity index (χ1v) is 9.96. The molecule has 2 heterocycles. The predicted molar refractivity (Wildman–Crippen MR) is 108 cm³/mol. The third kappa shape index (κ3) is 3.86. The van der Waals surface area contributed by atoms with E-state index in [4.69, 9.17) is 11.6 Å². The molecule has 2 aliphatic rings. The highest BCUT2D eigenvalue weighted by molar-refractivity contribution is 6.31. The maximum atomic E-state index is 12.6. The van der Waals surface area contributed by atoms with Crippen LogP contribution in [0.5, 0.6) is 0 Å². The van der Waals surface area contributed by atoms with Crippen molar-refractivity contribution in [3.8, 4) is 0 Å². The van der Waals surface area contributed by atoms with Gasteiger partial charge in [0.1, 0.15) is 0 Å². The predicted octanol–water partition coefficient (Wildman–Crippen LogP) is 4.18. The molecule has 2 aromatic rings. The number of aryl methyl sites for hydroxylation is 1. The van der Waals surface area contributed by atoms with E-state index in [-0.39, 0.29) is 17.5 Å². The second-order valence-corrected chi connectivity index (χ2v) is 7.79. The summed E-state index contributed by atoms with van der Waals surface area (Å²) in [6, 6.07) is 9.84. The van der Waals surface area contributed by atoms with Gasteiger partial charge < -0.3 is 10.3 Å². The molecule has 1 amide bonds. The second-order valence-electron chi connectivity index (χ2n) is 7.38. The van der Waals surface area contributed by atoms with E-state index in [1.807, 2.05) is 24.3 Å². The Labute approximate surface area is 163 Å². The van der Waals surface area contributed by atoms with Crippen LogP contribution < -0.4 is 10.9 Å². The van der Waals surface area contributed by atoms with Crippen LogP contribution in [0.1, 0.15) is 60.9 Å². The van der Waals surface area contributed by atoms with E-state index in [9.17, 15) is 9.59 Å². The van der Waals surface area contributed by atoms with E-state index in [0.717, 1.165) is 58.7 Å². The van der Waals surface area contributed by atoms with Gasteiger partial charge in [0.25, 0.3) is 5.56 Å². The molecule has 4 nitrogen and oxygen atoms in total. The molecule has 0 bridgehead atoms. The smallest absolute Gasteiger partial charge is 0.251 e. The van der Waals surface area contributed by atoms with Crippen LogP contribution in [-0.4, -0.2) is 16.9 Å². The lowest BCUT2D eigenvalue weighted by Crippen LogP contribution is -2.23. The molecule has 1 aromatic carbocycles. The molecule has 2 N–H and O–H groups in total. The summed E-state index contributed by atoms with van der Waals surface area (Å²) in [6.45, 7) is 2.07. The van der Waals surface area contributed by atoms with Crippen LogP contribution in [0.3, 0.4) is 0 Å². The highest BCUT2D eigenvalue weighted by Gasteiger charge is 2.26. The molecule has 1 atom stereocenters. The monoisotopic (exact) mass is 382 g/mol. The number of hydrogen-bond acceptors (Lipinski definition) is 2.